The van der Waals surface area contributed by atoms with E-state index in [2.05, 4.69) is 5.32 Å². The summed E-state index contributed by atoms with van der Waals surface area (Å²) in [5.41, 5.74) is -0.489. The molecule has 0 bridgehead atoms. The molecule has 2 N–H and O–H groups in total. The molecule has 7 heteroatoms. The molecule has 2 rings (SSSR count). The smallest absolute Gasteiger partial charge is 0.305 e. The van der Waals surface area contributed by atoms with Gasteiger partial charge in [0, 0.05) is 23.7 Å². The molecule has 0 aromatic heterocycles. The highest BCUT2D eigenvalue weighted by molar-refractivity contribution is 7.98. The van der Waals surface area contributed by atoms with Gasteiger partial charge in [-0.15, -0.1) is 11.8 Å². The van der Waals surface area contributed by atoms with Gasteiger partial charge < -0.3 is 15.2 Å². The van der Waals surface area contributed by atoms with Crippen LogP contribution in [0.1, 0.15) is 29.6 Å². The zero-order valence-electron chi connectivity index (χ0n) is 12.2. The molecule has 0 saturated carbocycles. The number of amides is 1. The highest BCUT2D eigenvalue weighted by atomic mass is 32.2. The number of benzene rings is 1. The molecular formula is C15H18FNO4S. The van der Waals surface area contributed by atoms with Crippen molar-refractivity contribution in [3.8, 4) is 0 Å². The van der Waals surface area contributed by atoms with Crippen molar-refractivity contribution in [1.82, 2.24) is 5.32 Å². The Morgan fingerprint density at radius 2 is 2.09 bits per heavy atom. The number of carboxylic acid groups (broad SMARTS) is 1. The number of carboxylic acids is 1. The van der Waals surface area contributed by atoms with Gasteiger partial charge in [-0.25, -0.2) is 4.39 Å². The number of ether oxygens (including phenoxy) is 1. The van der Waals surface area contributed by atoms with Crippen molar-refractivity contribution in [3.63, 3.8) is 0 Å². The number of thioether (sulfide) groups is 1. The Morgan fingerprint density at radius 3 is 2.68 bits per heavy atom. The molecule has 1 aliphatic heterocycles. The standard InChI is InChI=1S/C15H18FNO4S/c1-22-12-8-10(2-3-11(12)16)14(20)17-15(9-13(18)19)4-6-21-7-5-15/h2-3,8H,4-7,9H2,1H3,(H,17,20)(H,18,19). The summed E-state index contributed by atoms with van der Waals surface area (Å²) in [5, 5.41) is 11.9. The van der Waals surface area contributed by atoms with Crippen LogP contribution in [0, 0.1) is 5.82 Å². The second-order valence-electron chi connectivity index (χ2n) is 5.27. The third kappa shape index (κ3) is 3.98. The van der Waals surface area contributed by atoms with Crippen LogP contribution in [0.4, 0.5) is 4.39 Å². The molecular weight excluding hydrogens is 309 g/mol. The van der Waals surface area contributed by atoms with E-state index in [4.69, 9.17) is 9.84 Å². The van der Waals surface area contributed by atoms with Crippen LogP contribution in [0.3, 0.4) is 0 Å². The Labute approximate surface area is 132 Å². The Morgan fingerprint density at radius 1 is 1.41 bits per heavy atom. The van der Waals surface area contributed by atoms with Crippen molar-refractivity contribution in [2.45, 2.75) is 29.7 Å². The molecule has 5 nitrogen and oxygen atoms in total. The van der Waals surface area contributed by atoms with Gasteiger partial charge in [0.2, 0.25) is 0 Å². The molecule has 0 atom stereocenters. The molecule has 1 aromatic rings. The number of halogens is 1. The second kappa shape index (κ2) is 7.11. The number of rotatable bonds is 5. The summed E-state index contributed by atoms with van der Waals surface area (Å²) in [5.74, 6) is -1.74. The first-order valence-corrected chi connectivity index (χ1v) is 8.14. The highest BCUT2D eigenvalue weighted by Gasteiger charge is 2.36. The van der Waals surface area contributed by atoms with Crippen LogP contribution < -0.4 is 5.32 Å². The third-order valence-corrected chi connectivity index (χ3v) is 4.48. The van der Waals surface area contributed by atoms with Gasteiger partial charge >= 0.3 is 5.97 Å². The van der Waals surface area contributed by atoms with Crippen LogP contribution in [0.2, 0.25) is 0 Å². The normalized spacial score (nSPS) is 17.0. The predicted molar refractivity (Wildman–Crippen MR) is 80.7 cm³/mol. The van der Waals surface area contributed by atoms with E-state index in [1.165, 1.54) is 30.0 Å². The van der Waals surface area contributed by atoms with Gasteiger partial charge in [0.25, 0.3) is 5.91 Å². The van der Waals surface area contributed by atoms with Crippen LogP contribution in [0.15, 0.2) is 23.1 Å². The van der Waals surface area contributed by atoms with Crippen LogP contribution >= 0.6 is 11.8 Å². The molecule has 1 fully saturated rings. The predicted octanol–water partition coefficient (Wildman–Crippen LogP) is 2.30. The molecule has 1 saturated heterocycles. The average molecular weight is 327 g/mol. The number of nitrogens with one attached hydrogen (secondary N) is 1. The SMILES string of the molecule is CSc1cc(C(=O)NC2(CC(=O)O)CCOCC2)ccc1F. The number of hydrogen-bond donors (Lipinski definition) is 2. The molecule has 0 radical (unpaired) electrons. The van der Waals surface area contributed by atoms with E-state index in [1.54, 1.807) is 6.26 Å². The zero-order chi connectivity index (χ0) is 16.2. The lowest BCUT2D eigenvalue weighted by atomic mass is 9.86. The van der Waals surface area contributed by atoms with Crippen LogP contribution in [0.5, 0.6) is 0 Å². The van der Waals surface area contributed by atoms with Crippen molar-refractivity contribution in [3.05, 3.63) is 29.6 Å². The highest BCUT2D eigenvalue weighted by Crippen LogP contribution is 2.26. The van der Waals surface area contributed by atoms with Crippen LogP contribution in [-0.2, 0) is 9.53 Å². The van der Waals surface area contributed by atoms with Gasteiger partial charge in [-0.2, -0.15) is 0 Å². The molecule has 1 heterocycles. The minimum Gasteiger partial charge on any atom is -0.481 e. The maximum atomic E-state index is 13.5. The van der Waals surface area contributed by atoms with E-state index >= 15 is 0 Å². The number of carbonyl (C=O) groups excluding carboxylic acids is 1. The summed E-state index contributed by atoms with van der Waals surface area (Å²) in [6, 6.07) is 4.12. The Bertz CT molecular complexity index is 573. The maximum Gasteiger partial charge on any atom is 0.305 e. The molecule has 1 aliphatic rings. The summed E-state index contributed by atoms with van der Waals surface area (Å²) < 4.78 is 18.7. The Hall–Kier alpha value is -1.60. The molecule has 0 aliphatic carbocycles. The van der Waals surface area contributed by atoms with E-state index in [1.807, 2.05) is 0 Å². The molecule has 1 aromatic carbocycles. The lowest BCUT2D eigenvalue weighted by molar-refractivity contribution is -0.139. The maximum absolute atomic E-state index is 13.5. The van der Waals surface area contributed by atoms with Crippen molar-refractivity contribution < 1.29 is 23.8 Å². The topological polar surface area (TPSA) is 75.6 Å². The monoisotopic (exact) mass is 327 g/mol. The molecule has 22 heavy (non-hydrogen) atoms. The minimum atomic E-state index is -0.967. The Kier molecular flexibility index (Phi) is 5.42. The van der Waals surface area contributed by atoms with Crippen LogP contribution in [0.25, 0.3) is 0 Å². The summed E-state index contributed by atoms with van der Waals surface area (Å²) in [4.78, 5) is 23.9. The number of carbonyl (C=O) groups is 2. The first-order chi connectivity index (χ1) is 10.5. The van der Waals surface area contributed by atoms with Crippen molar-refractivity contribution in [2.24, 2.45) is 0 Å². The molecule has 0 unspecified atom stereocenters. The molecule has 120 valence electrons. The first-order valence-electron chi connectivity index (χ1n) is 6.91. The molecule has 0 spiro atoms. The summed E-state index contributed by atoms with van der Waals surface area (Å²) >= 11 is 1.21. The first kappa shape index (κ1) is 16.8. The van der Waals surface area contributed by atoms with Gasteiger partial charge in [-0.05, 0) is 37.3 Å². The quantitative estimate of drug-likeness (QED) is 0.812. The summed E-state index contributed by atoms with van der Waals surface area (Å²) in [6.45, 7) is 0.820. The van der Waals surface area contributed by atoms with Gasteiger partial charge in [0.1, 0.15) is 5.82 Å². The van der Waals surface area contributed by atoms with E-state index in [9.17, 15) is 14.0 Å². The van der Waals surface area contributed by atoms with E-state index in [0.29, 0.717) is 36.5 Å². The fourth-order valence-corrected chi connectivity index (χ4v) is 3.02. The van der Waals surface area contributed by atoms with Crippen molar-refractivity contribution in [1.29, 1.82) is 0 Å². The number of aliphatic carboxylic acids is 1. The average Bonchev–Trinajstić information content (AvgIpc) is 2.47. The summed E-state index contributed by atoms with van der Waals surface area (Å²) in [6.07, 6.45) is 2.46. The number of hydrogen-bond acceptors (Lipinski definition) is 4. The van der Waals surface area contributed by atoms with E-state index in [-0.39, 0.29) is 12.2 Å². The van der Waals surface area contributed by atoms with Gasteiger partial charge in [0.05, 0.1) is 12.0 Å². The Balaban J connectivity index is 2.18. The minimum absolute atomic E-state index is 0.154. The van der Waals surface area contributed by atoms with Crippen LogP contribution in [-0.4, -0.2) is 42.0 Å². The van der Waals surface area contributed by atoms with Gasteiger partial charge in [0.15, 0.2) is 0 Å². The zero-order valence-corrected chi connectivity index (χ0v) is 13.0. The summed E-state index contributed by atoms with van der Waals surface area (Å²) in [7, 11) is 0. The van der Waals surface area contributed by atoms with E-state index in [0.717, 1.165) is 0 Å². The fraction of sp³-hybridized carbons (Fsp3) is 0.467. The largest absolute Gasteiger partial charge is 0.481 e. The van der Waals surface area contributed by atoms with Gasteiger partial charge in [-0.1, -0.05) is 0 Å². The van der Waals surface area contributed by atoms with Crippen molar-refractivity contribution in [2.75, 3.05) is 19.5 Å². The van der Waals surface area contributed by atoms with Crippen molar-refractivity contribution >= 4 is 23.6 Å². The van der Waals surface area contributed by atoms with Gasteiger partial charge in [-0.3, -0.25) is 9.59 Å². The fourth-order valence-electron chi connectivity index (χ4n) is 2.51. The lowest BCUT2D eigenvalue weighted by Crippen LogP contribution is -2.53. The van der Waals surface area contributed by atoms with E-state index < -0.39 is 17.4 Å². The second-order valence-corrected chi connectivity index (χ2v) is 6.11. The lowest BCUT2D eigenvalue weighted by Gasteiger charge is -2.36. The third-order valence-electron chi connectivity index (χ3n) is 3.73. The molecule has 1 amide bonds.